The third-order valence-corrected chi connectivity index (χ3v) is 2.04. The number of nitrogens with two attached hydrogens (primary N) is 2. The highest BCUT2D eigenvalue weighted by Crippen LogP contribution is 2.32. The van der Waals surface area contributed by atoms with E-state index in [0.717, 1.165) is 0 Å². The summed E-state index contributed by atoms with van der Waals surface area (Å²) in [5.74, 6) is 0. The summed E-state index contributed by atoms with van der Waals surface area (Å²) < 4.78 is 21.2. The lowest BCUT2D eigenvalue weighted by Crippen LogP contribution is -2.35. The minimum absolute atomic E-state index is 0.156. The van der Waals surface area contributed by atoms with E-state index in [1.807, 2.05) is 0 Å². The highest BCUT2D eigenvalue weighted by molar-refractivity contribution is 4.73. The Morgan fingerprint density at radius 3 is 1.77 bits per heavy atom. The standard InChI is InChI=1S/C7H14N2O4/c8-1-5-3-10-7(12-5)11-4-6(2-9)13-7/h5-6H,1-4,8-9H2. The molecule has 6 nitrogen and oxygen atoms in total. The minimum atomic E-state index is -1.33. The van der Waals surface area contributed by atoms with Gasteiger partial charge in [-0.15, -0.1) is 0 Å². The van der Waals surface area contributed by atoms with Crippen molar-refractivity contribution in [3.05, 3.63) is 0 Å². The van der Waals surface area contributed by atoms with Gasteiger partial charge in [0.05, 0.1) is 13.2 Å². The molecule has 2 heterocycles. The van der Waals surface area contributed by atoms with Crippen LogP contribution in [0.4, 0.5) is 0 Å². The van der Waals surface area contributed by atoms with Crippen LogP contribution in [0.1, 0.15) is 0 Å². The van der Waals surface area contributed by atoms with E-state index in [2.05, 4.69) is 0 Å². The smallest absolute Gasteiger partial charge is 0.328 e. The summed E-state index contributed by atoms with van der Waals surface area (Å²) in [6.07, 6.45) is -1.64. The number of hydrogen-bond acceptors (Lipinski definition) is 6. The van der Waals surface area contributed by atoms with Gasteiger partial charge in [-0.25, -0.2) is 0 Å². The summed E-state index contributed by atoms with van der Waals surface area (Å²) in [6, 6.07) is 0. The van der Waals surface area contributed by atoms with Crippen LogP contribution in [0.2, 0.25) is 0 Å². The monoisotopic (exact) mass is 190 g/mol. The van der Waals surface area contributed by atoms with Crippen LogP contribution in [-0.4, -0.2) is 44.7 Å². The average molecular weight is 190 g/mol. The van der Waals surface area contributed by atoms with Crippen LogP contribution in [0, 0.1) is 0 Å². The third-order valence-electron chi connectivity index (χ3n) is 2.04. The summed E-state index contributed by atoms with van der Waals surface area (Å²) >= 11 is 0. The van der Waals surface area contributed by atoms with Crippen LogP contribution < -0.4 is 11.5 Å². The Morgan fingerprint density at radius 2 is 1.46 bits per heavy atom. The van der Waals surface area contributed by atoms with Crippen LogP contribution in [0.15, 0.2) is 0 Å². The van der Waals surface area contributed by atoms with Crippen molar-refractivity contribution in [3.63, 3.8) is 0 Å². The van der Waals surface area contributed by atoms with Gasteiger partial charge in [-0.3, -0.25) is 9.47 Å². The Kier molecular flexibility index (Phi) is 2.50. The van der Waals surface area contributed by atoms with Crippen molar-refractivity contribution in [1.29, 1.82) is 0 Å². The zero-order valence-corrected chi connectivity index (χ0v) is 7.27. The number of rotatable bonds is 2. The van der Waals surface area contributed by atoms with Gasteiger partial charge in [0.25, 0.3) is 0 Å². The molecule has 2 atom stereocenters. The molecule has 2 unspecified atom stereocenters. The molecule has 2 saturated heterocycles. The molecule has 0 aromatic heterocycles. The van der Waals surface area contributed by atoms with Gasteiger partial charge in [-0.05, 0) is 0 Å². The van der Waals surface area contributed by atoms with Gasteiger partial charge in [0.2, 0.25) is 0 Å². The van der Waals surface area contributed by atoms with Crippen LogP contribution in [0.3, 0.4) is 0 Å². The fourth-order valence-corrected chi connectivity index (χ4v) is 1.30. The fraction of sp³-hybridized carbons (Fsp3) is 1.00. The van der Waals surface area contributed by atoms with Crippen molar-refractivity contribution in [3.8, 4) is 0 Å². The van der Waals surface area contributed by atoms with Crippen LogP contribution >= 0.6 is 0 Å². The summed E-state index contributed by atoms with van der Waals surface area (Å²) in [4.78, 5) is 0. The summed E-state index contributed by atoms with van der Waals surface area (Å²) in [5.41, 5.74) is 10.8. The normalized spacial score (nSPS) is 44.8. The Morgan fingerprint density at radius 1 is 1.00 bits per heavy atom. The topological polar surface area (TPSA) is 89.0 Å². The predicted molar refractivity (Wildman–Crippen MR) is 42.5 cm³/mol. The lowest BCUT2D eigenvalue weighted by molar-refractivity contribution is -0.430. The molecular formula is C7H14N2O4. The fourth-order valence-electron chi connectivity index (χ4n) is 1.30. The third kappa shape index (κ3) is 1.69. The molecule has 13 heavy (non-hydrogen) atoms. The molecule has 76 valence electrons. The molecule has 6 heteroatoms. The van der Waals surface area contributed by atoms with Crippen molar-refractivity contribution < 1.29 is 18.9 Å². The van der Waals surface area contributed by atoms with E-state index >= 15 is 0 Å². The van der Waals surface area contributed by atoms with Crippen LogP contribution in [0.25, 0.3) is 0 Å². The van der Waals surface area contributed by atoms with Crippen molar-refractivity contribution in [1.82, 2.24) is 0 Å². The van der Waals surface area contributed by atoms with Gasteiger partial charge >= 0.3 is 6.16 Å². The van der Waals surface area contributed by atoms with Gasteiger partial charge in [-0.1, -0.05) is 0 Å². The Bertz CT molecular complexity index is 169. The molecule has 2 aliphatic rings. The maximum Gasteiger partial charge on any atom is 0.413 e. The van der Waals surface area contributed by atoms with Crippen molar-refractivity contribution in [2.24, 2.45) is 11.5 Å². The molecule has 0 saturated carbocycles. The molecule has 0 radical (unpaired) electrons. The quantitative estimate of drug-likeness (QED) is 0.542. The van der Waals surface area contributed by atoms with E-state index in [0.29, 0.717) is 26.3 Å². The second-order valence-corrected chi connectivity index (χ2v) is 3.07. The molecule has 4 N–H and O–H groups in total. The summed E-state index contributed by atoms with van der Waals surface area (Å²) in [5, 5.41) is 0. The van der Waals surface area contributed by atoms with Crippen LogP contribution in [-0.2, 0) is 18.9 Å². The molecule has 0 aliphatic carbocycles. The van der Waals surface area contributed by atoms with E-state index in [9.17, 15) is 0 Å². The second-order valence-electron chi connectivity index (χ2n) is 3.07. The zero-order valence-electron chi connectivity index (χ0n) is 7.27. The van der Waals surface area contributed by atoms with Gasteiger partial charge < -0.3 is 20.9 Å². The van der Waals surface area contributed by atoms with Crippen molar-refractivity contribution in [2.45, 2.75) is 18.4 Å². The molecule has 2 aliphatic heterocycles. The first kappa shape index (κ1) is 9.32. The Labute approximate surface area is 76.1 Å². The molecular weight excluding hydrogens is 176 g/mol. The van der Waals surface area contributed by atoms with Crippen molar-refractivity contribution >= 4 is 0 Å². The van der Waals surface area contributed by atoms with E-state index in [1.165, 1.54) is 0 Å². The zero-order chi connectivity index (χ0) is 9.31. The molecule has 0 amide bonds. The molecule has 0 aromatic rings. The molecule has 0 aromatic carbocycles. The molecule has 1 spiro atoms. The van der Waals surface area contributed by atoms with Gasteiger partial charge in [-0.2, -0.15) is 0 Å². The summed E-state index contributed by atoms with van der Waals surface area (Å²) in [6.45, 7) is 1.57. The average Bonchev–Trinajstić information content (AvgIpc) is 2.74. The lowest BCUT2D eigenvalue weighted by Gasteiger charge is -2.19. The van der Waals surface area contributed by atoms with Crippen molar-refractivity contribution in [2.75, 3.05) is 26.3 Å². The van der Waals surface area contributed by atoms with Crippen LogP contribution in [0.5, 0.6) is 0 Å². The van der Waals surface area contributed by atoms with E-state index in [4.69, 9.17) is 30.4 Å². The molecule has 2 rings (SSSR count). The number of hydrogen-bond donors (Lipinski definition) is 2. The largest absolute Gasteiger partial charge is 0.413 e. The van der Waals surface area contributed by atoms with Gasteiger partial charge in [0, 0.05) is 13.1 Å². The number of ether oxygens (including phenoxy) is 4. The first-order chi connectivity index (χ1) is 6.28. The SMILES string of the molecule is NCC1COC2(OCC(CN)O2)O1. The van der Waals surface area contributed by atoms with E-state index < -0.39 is 6.16 Å². The lowest BCUT2D eigenvalue weighted by atomic mass is 10.4. The first-order valence-electron chi connectivity index (χ1n) is 4.31. The Balaban J connectivity index is 1.93. The highest BCUT2D eigenvalue weighted by Gasteiger charge is 2.50. The minimum Gasteiger partial charge on any atom is -0.328 e. The van der Waals surface area contributed by atoms with E-state index in [-0.39, 0.29) is 12.2 Å². The summed E-state index contributed by atoms with van der Waals surface area (Å²) in [7, 11) is 0. The maximum atomic E-state index is 5.41. The van der Waals surface area contributed by atoms with Gasteiger partial charge in [0.1, 0.15) is 12.2 Å². The second kappa shape index (κ2) is 3.49. The highest BCUT2D eigenvalue weighted by atomic mass is 17.1. The predicted octanol–water partition coefficient (Wildman–Crippen LogP) is -1.65. The molecule has 2 fully saturated rings. The van der Waals surface area contributed by atoms with E-state index in [1.54, 1.807) is 0 Å². The molecule has 0 bridgehead atoms. The van der Waals surface area contributed by atoms with Gasteiger partial charge in [0.15, 0.2) is 0 Å². The Hall–Kier alpha value is -0.240. The first-order valence-corrected chi connectivity index (χ1v) is 4.31. The maximum absolute atomic E-state index is 5.41.